The van der Waals surface area contributed by atoms with Gasteiger partial charge in [-0.25, -0.2) is 4.98 Å². The van der Waals surface area contributed by atoms with Crippen LogP contribution in [-0.2, 0) is 17.8 Å². The number of aliphatic carboxylic acids is 1. The number of hydrogen-bond donors (Lipinski definition) is 1. The summed E-state index contributed by atoms with van der Waals surface area (Å²) in [4.78, 5) is 15.2. The first-order chi connectivity index (χ1) is 9.11. The molecule has 4 heteroatoms. The Hall–Kier alpha value is -2.10. The topological polar surface area (TPSA) is 55.1 Å². The highest BCUT2D eigenvalue weighted by molar-refractivity contribution is 5.77. The lowest BCUT2D eigenvalue weighted by Crippen LogP contribution is -2.04. The maximum Gasteiger partial charge on any atom is 0.303 e. The average Bonchev–Trinajstić information content (AvgIpc) is 2.67. The molecule has 0 aliphatic carbocycles. The van der Waals surface area contributed by atoms with Gasteiger partial charge in [0.25, 0.3) is 0 Å². The molecule has 1 aromatic heterocycles. The molecule has 0 aliphatic rings. The largest absolute Gasteiger partial charge is 0.481 e. The van der Waals surface area contributed by atoms with Gasteiger partial charge < -0.3 is 9.67 Å². The molecule has 0 saturated carbocycles. The second kappa shape index (κ2) is 5.69. The molecule has 0 aliphatic heterocycles. The summed E-state index contributed by atoms with van der Waals surface area (Å²) in [5.41, 5.74) is 3.22. The lowest BCUT2D eigenvalue weighted by molar-refractivity contribution is -0.137. The number of carboxylic acid groups (broad SMARTS) is 1. The van der Waals surface area contributed by atoms with Crippen LogP contribution in [0.25, 0.3) is 11.0 Å². The van der Waals surface area contributed by atoms with E-state index in [1.165, 1.54) is 5.56 Å². The van der Waals surface area contributed by atoms with Crippen LogP contribution >= 0.6 is 0 Å². The van der Waals surface area contributed by atoms with Crippen molar-refractivity contribution in [2.75, 3.05) is 0 Å². The average molecular weight is 258 g/mol. The molecule has 0 fully saturated rings. The number of hydrogen-bond acceptors (Lipinski definition) is 2. The van der Waals surface area contributed by atoms with Crippen molar-refractivity contribution in [2.45, 2.75) is 32.7 Å². The number of aryl methyl sites for hydroxylation is 2. The minimum Gasteiger partial charge on any atom is -0.481 e. The molecule has 0 spiro atoms. The number of nitrogens with zero attached hydrogens (tertiary/aromatic N) is 2. The van der Waals surface area contributed by atoms with E-state index < -0.39 is 5.97 Å². The van der Waals surface area contributed by atoms with Gasteiger partial charge in [-0.2, -0.15) is 0 Å². The van der Waals surface area contributed by atoms with E-state index in [0.29, 0.717) is 19.4 Å². The van der Waals surface area contributed by atoms with Crippen LogP contribution in [-0.4, -0.2) is 20.6 Å². The summed E-state index contributed by atoms with van der Waals surface area (Å²) in [7, 11) is 0. The monoisotopic (exact) mass is 258 g/mol. The number of rotatable bonds is 6. The standard InChI is InChI=1S/C15H18N2O2/c1-3-9-17-13-8-7-11(2)10-12(13)16-14(17)5-4-6-15(18)19/h3,7-8,10H,1,4-6,9H2,2H3,(H,18,19). The Morgan fingerprint density at radius 2 is 2.32 bits per heavy atom. The van der Waals surface area contributed by atoms with E-state index in [1.807, 2.05) is 13.0 Å². The second-order valence-electron chi connectivity index (χ2n) is 4.67. The molecule has 19 heavy (non-hydrogen) atoms. The first kappa shape index (κ1) is 13.3. The van der Waals surface area contributed by atoms with Gasteiger partial charge in [0.15, 0.2) is 0 Å². The molecule has 0 radical (unpaired) electrons. The molecule has 2 aromatic rings. The van der Waals surface area contributed by atoms with Crippen LogP contribution < -0.4 is 0 Å². The third-order valence-corrected chi connectivity index (χ3v) is 3.09. The molecule has 4 nitrogen and oxygen atoms in total. The fraction of sp³-hybridized carbons (Fsp3) is 0.333. The van der Waals surface area contributed by atoms with Gasteiger partial charge >= 0.3 is 5.97 Å². The predicted octanol–water partition coefficient (Wildman–Crippen LogP) is 2.94. The van der Waals surface area contributed by atoms with Crippen LogP contribution in [0.2, 0.25) is 0 Å². The summed E-state index contributed by atoms with van der Waals surface area (Å²) >= 11 is 0. The lowest BCUT2D eigenvalue weighted by atomic mass is 10.2. The van der Waals surface area contributed by atoms with Crippen molar-refractivity contribution >= 4 is 17.0 Å². The van der Waals surface area contributed by atoms with E-state index in [9.17, 15) is 4.79 Å². The fourth-order valence-corrected chi connectivity index (χ4v) is 2.21. The molecule has 1 heterocycles. The molecular weight excluding hydrogens is 240 g/mol. The Labute approximate surface area is 112 Å². The molecule has 1 N–H and O–H groups in total. The first-order valence-corrected chi connectivity index (χ1v) is 6.40. The summed E-state index contributed by atoms with van der Waals surface area (Å²) in [6, 6.07) is 6.17. The van der Waals surface area contributed by atoms with Crippen molar-refractivity contribution in [1.29, 1.82) is 0 Å². The Bertz CT molecular complexity index is 614. The van der Waals surface area contributed by atoms with Crippen LogP contribution in [0.1, 0.15) is 24.2 Å². The molecular formula is C15H18N2O2. The Morgan fingerprint density at radius 1 is 1.53 bits per heavy atom. The van der Waals surface area contributed by atoms with Gasteiger partial charge in [0, 0.05) is 19.4 Å². The Morgan fingerprint density at radius 3 is 3.00 bits per heavy atom. The van der Waals surface area contributed by atoms with E-state index in [0.717, 1.165) is 16.9 Å². The van der Waals surface area contributed by atoms with E-state index in [4.69, 9.17) is 5.11 Å². The zero-order chi connectivity index (χ0) is 13.8. The zero-order valence-corrected chi connectivity index (χ0v) is 11.1. The number of allylic oxidation sites excluding steroid dienone is 1. The van der Waals surface area contributed by atoms with Gasteiger partial charge in [-0.15, -0.1) is 6.58 Å². The van der Waals surface area contributed by atoms with Crippen molar-refractivity contribution in [3.63, 3.8) is 0 Å². The normalized spacial score (nSPS) is 10.8. The molecule has 0 amide bonds. The Kier molecular flexibility index (Phi) is 4.00. The summed E-state index contributed by atoms with van der Waals surface area (Å²) in [6.45, 7) is 6.50. The van der Waals surface area contributed by atoms with Gasteiger partial charge in [0.2, 0.25) is 0 Å². The number of carboxylic acids is 1. The highest BCUT2D eigenvalue weighted by atomic mass is 16.4. The zero-order valence-electron chi connectivity index (χ0n) is 11.1. The summed E-state index contributed by atoms with van der Waals surface area (Å²) < 4.78 is 2.10. The lowest BCUT2D eigenvalue weighted by Gasteiger charge is -2.05. The van der Waals surface area contributed by atoms with Crippen molar-refractivity contribution in [3.8, 4) is 0 Å². The molecule has 0 saturated heterocycles. The van der Waals surface area contributed by atoms with Crippen LogP contribution in [0.4, 0.5) is 0 Å². The summed E-state index contributed by atoms with van der Waals surface area (Å²) in [6.07, 6.45) is 3.29. The molecule has 100 valence electrons. The van der Waals surface area contributed by atoms with E-state index >= 15 is 0 Å². The van der Waals surface area contributed by atoms with Crippen molar-refractivity contribution in [2.24, 2.45) is 0 Å². The smallest absolute Gasteiger partial charge is 0.303 e. The maximum absolute atomic E-state index is 10.6. The number of fused-ring (bicyclic) bond motifs is 1. The van der Waals surface area contributed by atoms with Crippen LogP contribution in [0, 0.1) is 6.92 Å². The highest BCUT2D eigenvalue weighted by Crippen LogP contribution is 2.19. The SMILES string of the molecule is C=CCn1c(CCCC(=O)O)nc2cc(C)ccc21. The fourth-order valence-electron chi connectivity index (χ4n) is 2.21. The minimum absolute atomic E-state index is 0.177. The second-order valence-corrected chi connectivity index (χ2v) is 4.67. The van der Waals surface area contributed by atoms with Crippen LogP contribution in [0.15, 0.2) is 30.9 Å². The molecule has 0 atom stereocenters. The first-order valence-electron chi connectivity index (χ1n) is 6.40. The molecule has 2 rings (SSSR count). The van der Waals surface area contributed by atoms with Crippen LogP contribution in [0.5, 0.6) is 0 Å². The number of benzene rings is 1. The minimum atomic E-state index is -0.762. The number of aromatic nitrogens is 2. The van der Waals surface area contributed by atoms with Gasteiger partial charge in [-0.3, -0.25) is 4.79 Å². The highest BCUT2D eigenvalue weighted by Gasteiger charge is 2.10. The van der Waals surface area contributed by atoms with E-state index in [2.05, 4.69) is 34.3 Å². The third kappa shape index (κ3) is 3.02. The molecule has 0 unspecified atom stereocenters. The van der Waals surface area contributed by atoms with E-state index in [1.54, 1.807) is 0 Å². The van der Waals surface area contributed by atoms with Gasteiger partial charge in [-0.05, 0) is 31.0 Å². The van der Waals surface area contributed by atoms with Gasteiger partial charge in [0.05, 0.1) is 11.0 Å². The van der Waals surface area contributed by atoms with E-state index in [-0.39, 0.29) is 6.42 Å². The quantitative estimate of drug-likeness (QED) is 0.810. The number of imidazole rings is 1. The van der Waals surface area contributed by atoms with Gasteiger partial charge in [-0.1, -0.05) is 12.1 Å². The summed E-state index contributed by atoms with van der Waals surface area (Å²) in [5.74, 6) is 0.170. The predicted molar refractivity (Wildman–Crippen MR) is 75.2 cm³/mol. The van der Waals surface area contributed by atoms with Crippen molar-refractivity contribution in [3.05, 3.63) is 42.2 Å². The number of carbonyl (C=O) groups is 1. The van der Waals surface area contributed by atoms with Crippen molar-refractivity contribution in [1.82, 2.24) is 9.55 Å². The van der Waals surface area contributed by atoms with Gasteiger partial charge in [0.1, 0.15) is 5.82 Å². The van der Waals surface area contributed by atoms with Crippen LogP contribution in [0.3, 0.4) is 0 Å². The molecule has 0 bridgehead atoms. The maximum atomic E-state index is 10.6. The van der Waals surface area contributed by atoms with Crippen molar-refractivity contribution < 1.29 is 9.90 Å². The third-order valence-electron chi connectivity index (χ3n) is 3.09. The summed E-state index contributed by atoms with van der Waals surface area (Å²) in [5, 5.41) is 8.70. The molecule has 1 aromatic carbocycles. The Balaban J connectivity index is 2.32.